The first kappa shape index (κ1) is 14.5. The number of nitrogens with zero attached hydrogens (tertiary/aromatic N) is 2. The van der Waals surface area contributed by atoms with Crippen molar-refractivity contribution in [3.8, 4) is 0 Å². The van der Waals surface area contributed by atoms with E-state index in [1.165, 1.54) is 51.9 Å². The van der Waals surface area contributed by atoms with Crippen LogP contribution in [-0.2, 0) is 12.8 Å². The van der Waals surface area contributed by atoms with Gasteiger partial charge in [-0.15, -0.1) is 11.3 Å². The molecule has 4 heteroatoms. The van der Waals surface area contributed by atoms with E-state index in [-0.39, 0.29) is 0 Å². The Morgan fingerprint density at radius 1 is 1.30 bits per heavy atom. The van der Waals surface area contributed by atoms with Crippen molar-refractivity contribution in [2.24, 2.45) is 0 Å². The minimum absolute atomic E-state index is 0.701. The zero-order valence-corrected chi connectivity index (χ0v) is 13.6. The lowest BCUT2D eigenvalue weighted by Gasteiger charge is -2.39. The molecule has 0 saturated carbocycles. The molecule has 1 aliphatic carbocycles. The zero-order chi connectivity index (χ0) is 13.9. The molecule has 2 heterocycles. The van der Waals surface area contributed by atoms with Crippen LogP contribution in [0.25, 0.3) is 0 Å². The monoisotopic (exact) mass is 293 g/mol. The maximum absolute atomic E-state index is 3.27. The predicted octanol–water partition coefficient (Wildman–Crippen LogP) is 2.13. The minimum Gasteiger partial charge on any atom is -0.319 e. The quantitative estimate of drug-likeness (QED) is 0.917. The molecule has 1 saturated heterocycles. The van der Waals surface area contributed by atoms with E-state index in [1.54, 1.807) is 15.3 Å². The van der Waals surface area contributed by atoms with Gasteiger partial charge in [0.05, 0.1) is 0 Å². The average Bonchev–Trinajstić information content (AvgIpc) is 2.89. The summed E-state index contributed by atoms with van der Waals surface area (Å²) >= 11 is 2.07. The van der Waals surface area contributed by atoms with Gasteiger partial charge in [-0.05, 0) is 58.0 Å². The van der Waals surface area contributed by atoms with E-state index in [2.05, 4.69) is 39.6 Å². The van der Waals surface area contributed by atoms with Crippen molar-refractivity contribution in [2.75, 3.05) is 46.8 Å². The molecule has 1 aliphatic heterocycles. The first-order valence-electron chi connectivity index (χ1n) is 7.96. The van der Waals surface area contributed by atoms with Gasteiger partial charge in [0.2, 0.25) is 0 Å². The van der Waals surface area contributed by atoms with Gasteiger partial charge < -0.3 is 10.2 Å². The summed E-state index contributed by atoms with van der Waals surface area (Å²) in [5.74, 6) is 0. The Kier molecular flexibility index (Phi) is 4.76. The van der Waals surface area contributed by atoms with Gasteiger partial charge in [0.1, 0.15) is 0 Å². The largest absolute Gasteiger partial charge is 0.319 e. The molecular weight excluding hydrogens is 266 g/mol. The topological polar surface area (TPSA) is 18.5 Å². The van der Waals surface area contributed by atoms with E-state index in [9.17, 15) is 0 Å². The van der Waals surface area contributed by atoms with E-state index in [1.807, 2.05) is 7.05 Å². The maximum atomic E-state index is 3.27. The van der Waals surface area contributed by atoms with Crippen LogP contribution < -0.4 is 5.32 Å². The fourth-order valence-electron chi connectivity index (χ4n) is 3.47. The summed E-state index contributed by atoms with van der Waals surface area (Å²) in [7, 11) is 4.28. The third-order valence-corrected chi connectivity index (χ3v) is 6.00. The second-order valence-electron chi connectivity index (χ2n) is 6.19. The van der Waals surface area contributed by atoms with Gasteiger partial charge in [0.15, 0.2) is 0 Å². The smallest absolute Gasteiger partial charge is 0.0360 e. The summed E-state index contributed by atoms with van der Waals surface area (Å²) in [5, 5.41) is 3.27. The third-order valence-electron chi connectivity index (χ3n) is 4.73. The lowest BCUT2D eigenvalue weighted by molar-refractivity contribution is 0.103. The zero-order valence-electron chi connectivity index (χ0n) is 12.8. The molecule has 1 aromatic rings. The summed E-state index contributed by atoms with van der Waals surface area (Å²) in [6.07, 6.45) is 5.22. The van der Waals surface area contributed by atoms with E-state index < -0.39 is 0 Å². The van der Waals surface area contributed by atoms with Crippen LogP contribution in [0.4, 0.5) is 0 Å². The lowest BCUT2D eigenvalue weighted by atomic mass is 9.92. The van der Waals surface area contributed by atoms with Crippen LogP contribution in [0.2, 0.25) is 0 Å². The van der Waals surface area contributed by atoms with Crippen molar-refractivity contribution in [2.45, 2.75) is 31.7 Å². The second kappa shape index (κ2) is 6.56. The minimum atomic E-state index is 0.701. The van der Waals surface area contributed by atoms with Crippen LogP contribution in [-0.4, -0.2) is 56.6 Å². The molecule has 3 nitrogen and oxygen atoms in total. The Labute approximate surface area is 127 Å². The van der Waals surface area contributed by atoms with Gasteiger partial charge in [-0.1, -0.05) is 0 Å². The highest BCUT2D eigenvalue weighted by molar-refractivity contribution is 7.12. The SMILES string of the molecule is CNCCc1cc2c(s1)CCCC2N1CCN(C)CC1. The summed E-state index contributed by atoms with van der Waals surface area (Å²) in [5.41, 5.74) is 1.66. The number of nitrogens with one attached hydrogen (secondary N) is 1. The van der Waals surface area contributed by atoms with Crippen LogP contribution >= 0.6 is 11.3 Å². The fraction of sp³-hybridized carbons (Fsp3) is 0.750. The molecule has 0 amide bonds. The third kappa shape index (κ3) is 3.08. The normalized spacial score (nSPS) is 24.8. The Hall–Kier alpha value is -0.420. The molecule has 0 spiro atoms. The lowest BCUT2D eigenvalue weighted by Crippen LogP contribution is -2.46. The number of rotatable bonds is 4. The second-order valence-corrected chi connectivity index (χ2v) is 7.41. The van der Waals surface area contributed by atoms with E-state index in [4.69, 9.17) is 0 Å². The molecule has 1 aromatic heterocycles. The van der Waals surface area contributed by atoms with Gasteiger partial charge in [-0.2, -0.15) is 0 Å². The number of aryl methyl sites for hydroxylation is 1. The number of piperazine rings is 1. The molecule has 0 aromatic carbocycles. The summed E-state index contributed by atoms with van der Waals surface area (Å²) < 4.78 is 0. The molecule has 0 bridgehead atoms. The number of thiophene rings is 1. The van der Waals surface area contributed by atoms with Gasteiger partial charge in [0.25, 0.3) is 0 Å². The highest BCUT2D eigenvalue weighted by Crippen LogP contribution is 2.39. The van der Waals surface area contributed by atoms with Gasteiger partial charge in [-0.25, -0.2) is 0 Å². The predicted molar refractivity (Wildman–Crippen MR) is 86.7 cm³/mol. The van der Waals surface area contributed by atoms with Crippen molar-refractivity contribution < 1.29 is 0 Å². The van der Waals surface area contributed by atoms with Crippen LogP contribution in [0.5, 0.6) is 0 Å². The molecule has 1 N–H and O–H groups in total. The average molecular weight is 293 g/mol. The van der Waals surface area contributed by atoms with Gasteiger partial charge in [-0.3, -0.25) is 4.90 Å². The van der Waals surface area contributed by atoms with Crippen LogP contribution in [0.15, 0.2) is 6.07 Å². The standard InChI is InChI=1S/C16H27N3S/c1-17-7-6-13-12-14-15(4-3-5-16(14)20-13)19-10-8-18(2)9-11-19/h12,15,17H,3-11H2,1-2H3. The van der Waals surface area contributed by atoms with Crippen molar-refractivity contribution in [1.29, 1.82) is 0 Å². The molecule has 1 unspecified atom stereocenters. The van der Waals surface area contributed by atoms with E-state index in [0.29, 0.717) is 6.04 Å². The van der Waals surface area contributed by atoms with Crippen LogP contribution in [0.3, 0.4) is 0 Å². The number of likely N-dealkylation sites (N-methyl/N-ethyl adjacent to an activating group) is 2. The van der Waals surface area contributed by atoms with Crippen molar-refractivity contribution >= 4 is 11.3 Å². The van der Waals surface area contributed by atoms with E-state index in [0.717, 1.165) is 6.54 Å². The molecule has 2 aliphatic rings. The van der Waals surface area contributed by atoms with Crippen LogP contribution in [0, 0.1) is 0 Å². The Morgan fingerprint density at radius 3 is 2.85 bits per heavy atom. The maximum Gasteiger partial charge on any atom is 0.0360 e. The number of hydrogen-bond donors (Lipinski definition) is 1. The van der Waals surface area contributed by atoms with Gasteiger partial charge in [0, 0.05) is 42.0 Å². The molecule has 3 rings (SSSR count). The Bertz CT molecular complexity index is 435. The highest BCUT2D eigenvalue weighted by atomic mass is 32.1. The summed E-state index contributed by atoms with van der Waals surface area (Å²) in [6.45, 7) is 6.02. The van der Waals surface area contributed by atoms with Crippen LogP contribution in [0.1, 0.15) is 34.2 Å². The highest BCUT2D eigenvalue weighted by Gasteiger charge is 2.29. The Balaban J connectivity index is 1.73. The molecule has 20 heavy (non-hydrogen) atoms. The van der Waals surface area contributed by atoms with E-state index >= 15 is 0 Å². The van der Waals surface area contributed by atoms with Crippen molar-refractivity contribution in [1.82, 2.24) is 15.1 Å². The first-order valence-corrected chi connectivity index (χ1v) is 8.78. The van der Waals surface area contributed by atoms with Gasteiger partial charge >= 0.3 is 0 Å². The van der Waals surface area contributed by atoms with Crippen molar-refractivity contribution in [3.05, 3.63) is 21.4 Å². The molecule has 1 atom stereocenters. The Morgan fingerprint density at radius 2 is 2.10 bits per heavy atom. The molecule has 1 fully saturated rings. The molecule has 112 valence electrons. The molecule has 0 radical (unpaired) electrons. The molecular formula is C16H27N3S. The summed E-state index contributed by atoms with van der Waals surface area (Å²) in [4.78, 5) is 8.43. The number of fused-ring (bicyclic) bond motifs is 1. The number of hydrogen-bond acceptors (Lipinski definition) is 4. The summed E-state index contributed by atoms with van der Waals surface area (Å²) in [6, 6.07) is 3.21. The first-order chi connectivity index (χ1) is 9.78. The van der Waals surface area contributed by atoms with Crippen molar-refractivity contribution in [3.63, 3.8) is 0 Å². The fourth-order valence-corrected chi connectivity index (χ4v) is 4.74.